The van der Waals surface area contributed by atoms with Crippen LogP contribution in [0.5, 0.6) is 0 Å². The highest BCUT2D eigenvalue weighted by Gasteiger charge is 2.04. The fourth-order valence-electron chi connectivity index (χ4n) is 1.40. The molecule has 0 radical (unpaired) electrons. The Morgan fingerprint density at radius 3 is 2.18 bits per heavy atom. The molecule has 1 aromatic rings. The van der Waals surface area contributed by atoms with Gasteiger partial charge in [0.05, 0.1) is 0 Å². The fraction of sp³-hybridized carbons (Fsp3) is 0.636. The molecule has 0 unspecified atom stereocenters. The molecule has 17 heavy (non-hydrogen) atoms. The minimum Gasteiger partial charge on any atom is -0.343 e. The topological polar surface area (TPSA) is 41.0 Å². The van der Waals surface area contributed by atoms with E-state index in [2.05, 4.69) is 27.1 Å². The number of nitrogens with one attached hydrogen (secondary N) is 1. The molecule has 0 atom stereocenters. The van der Waals surface area contributed by atoms with Crippen molar-refractivity contribution >= 4 is 30.8 Å². The SMILES string of the molecule is CCNCCN(C)c1nc(C)cc(C)n1.Cl.Cl. The zero-order valence-corrected chi connectivity index (χ0v) is 12.5. The Bertz CT molecular complexity index is 300. The molecule has 1 aromatic heterocycles. The van der Waals surface area contributed by atoms with Crippen LogP contribution < -0.4 is 10.2 Å². The van der Waals surface area contributed by atoms with Gasteiger partial charge in [0.1, 0.15) is 0 Å². The van der Waals surface area contributed by atoms with E-state index in [0.717, 1.165) is 37.0 Å². The minimum absolute atomic E-state index is 0. The Morgan fingerprint density at radius 1 is 1.18 bits per heavy atom. The van der Waals surface area contributed by atoms with Gasteiger partial charge >= 0.3 is 0 Å². The second-order valence-electron chi connectivity index (χ2n) is 3.73. The van der Waals surface area contributed by atoms with E-state index in [-0.39, 0.29) is 24.8 Å². The molecule has 0 bridgehead atoms. The highest BCUT2D eigenvalue weighted by molar-refractivity contribution is 5.85. The number of aryl methyl sites for hydroxylation is 2. The van der Waals surface area contributed by atoms with Gasteiger partial charge in [-0.3, -0.25) is 0 Å². The highest BCUT2D eigenvalue weighted by Crippen LogP contribution is 2.07. The summed E-state index contributed by atoms with van der Waals surface area (Å²) in [6.45, 7) is 8.99. The molecule has 0 saturated heterocycles. The summed E-state index contributed by atoms with van der Waals surface area (Å²) in [5, 5.41) is 3.28. The molecule has 0 spiro atoms. The van der Waals surface area contributed by atoms with Gasteiger partial charge in [-0.25, -0.2) is 9.97 Å². The molecule has 1 N–H and O–H groups in total. The number of likely N-dealkylation sites (N-methyl/N-ethyl adjacent to an activating group) is 2. The number of anilines is 1. The van der Waals surface area contributed by atoms with Gasteiger partial charge in [-0.2, -0.15) is 0 Å². The second kappa shape index (κ2) is 9.45. The number of rotatable bonds is 5. The summed E-state index contributed by atoms with van der Waals surface area (Å²) < 4.78 is 0. The van der Waals surface area contributed by atoms with Crippen molar-refractivity contribution in [2.45, 2.75) is 20.8 Å². The predicted octanol–water partition coefficient (Wildman–Crippen LogP) is 1.98. The first-order chi connectivity index (χ1) is 7.13. The van der Waals surface area contributed by atoms with E-state index in [1.54, 1.807) is 0 Å². The average molecular weight is 281 g/mol. The number of hydrogen-bond acceptors (Lipinski definition) is 4. The molecule has 0 aromatic carbocycles. The van der Waals surface area contributed by atoms with Crippen molar-refractivity contribution in [3.63, 3.8) is 0 Å². The molecule has 1 heterocycles. The lowest BCUT2D eigenvalue weighted by molar-refractivity contribution is 0.697. The Labute approximate surface area is 116 Å². The number of nitrogens with zero attached hydrogens (tertiary/aromatic N) is 3. The predicted molar refractivity (Wildman–Crippen MR) is 77.8 cm³/mol. The zero-order chi connectivity index (χ0) is 11.3. The fourth-order valence-corrected chi connectivity index (χ4v) is 1.40. The minimum atomic E-state index is 0. The maximum absolute atomic E-state index is 4.40. The van der Waals surface area contributed by atoms with Crippen molar-refractivity contribution in [2.75, 3.05) is 31.6 Å². The summed E-state index contributed by atoms with van der Waals surface area (Å²) in [5.41, 5.74) is 2.04. The van der Waals surface area contributed by atoms with Gasteiger partial charge < -0.3 is 10.2 Å². The number of aromatic nitrogens is 2. The molecule has 0 aliphatic heterocycles. The van der Waals surface area contributed by atoms with E-state index in [4.69, 9.17) is 0 Å². The van der Waals surface area contributed by atoms with Gasteiger partial charge in [0, 0.05) is 31.5 Å². The van der Waals surface area contributed by atoms with Crippen LogP contribution in [-0.4, -0.2) is 36.6 Å². The van der Waals surface area contributed by atoms with Gasteiger partial charge in [-0.15, -0.1) is 24.8 Å². The smallest absolute Gasteiger partial charge is 0.225 e. The first kappa shape index (κ1) is 18.8. The largest absolute Gasteiger partial charge is 0.343 e. The molecular formula is C11H22Cl2N4. The summed E-state index contributed by atoms with van der Waals surface area (Å²) in [6, 6.07) is 1.99. The summed E-state index contributed by atoms with van der Waals surface area (Å²) in [5.74, 6) is 0.811. The standard InChI is InChI=1S/C11H20N4.2ClH/c1-5-12-6-7-15(4)11-13-9(2)8-10(3)14-11;;/h8,12H,5-7H2,1-4H3;2*1H. The van der Waals surface area contributed by atoms with E-state index < -0.39 is 0 Å². The van der Waals surface area contributed by atoms with Crippen LogP contribution in [0.15, 0.2) is 6.07 Å². The van der Waals surface area contributed by atoms with Crippen LogP contribution >= 0.6 is 24.8 Å². The maximum atomic E-state index is 4.40. The van der Waals surface area contributed by atoms with Gasteiger partial charge in [0.2, 0.25) is 5.95 Å². The monoisotopic (exact) mass is 280 g/mol. The average Bonchev–Trinajstić information content (AvgIpc) is 2.16. The van der Waals surface area contributed by atoms with Crippen molar-refractivity contribution in [3.05, 3.63) is 17.5 Å². The van der Waals surface area contributed by atoms with E-state index in [1.165, 1.54) is 0 Å². The third-order valence-electron chi connectivity index (χ3n) is 2.19. The molecule has 0 fully saturated rings. The van der Waals surface area contributed by atoms with Crippen molar-refractivity contribution in [2.24, 2.45) is 0 Å². The summed E-state index contributed by atoms with van der Waals surface area (Å²) in [6.07, 6.45) is 0. The number of halogens is 2. The van der Waals surface area contributed by atoms with Crippen LogP contribution in [0.4, 0.5) is 5.95 Å². The van der Waals surface area contributed by atoms with Crippen LogP contribution in [0.2, 0.25) is 0 Å². The normalized spacial score (nSPS) is 9.18. The third kappa shape index (κ3) is 6.66. The van der Waals surface area contributed by atoms with Crippen LogP contribution in [-0.2, 0) is 0 Å². The second-order valence-corrected chi connectivity index (χ2v) is 3.73. The molecule has 6 heteroatoms. The molecule has 1 rings (SSSR count). The van der Waals surface area contributed by atoms with E-state index in [1.807, 2.05) is 27.0 Å². The van der Waals surface area contributed by atoms with Crippen molar-refractivity contribution in [1.29, 1.82) is 0 Å². The molecule has 4 nitrogen and oxygen atoms in total. The van der Waals surface area contributed by atoms with Gasteiger partial charge in [0.15, 0.2) is 0 Å². The van der Waals surface area contributed by atoms with Crippen LogP contribution in [0.25, 0.3) is 0 Å². The van der Waals surface area contributed by atoms with E-state index in [9.17, 15) is 0 Å². The van der Waals surface area contributed by atoms with Crippen LogP contribution in [0.1, 0.15) is 18.3 Å². The van der Waals surface area contributed by atoms with Crippen molar-refractivity contribution in [3.8, 4) is 0 Å². The maximum Gasteiger partial charge on any atom is 0.225 e. The summed E-state index contributed by atoms with van der Waals surface area (Å²) in [7, 11) is 2.02. The Morgan fingerprint density at radius 2 is 1.71 bits per heavy atom. The Hall–Kier alpha value is -0.580. The molecular weight excluding hydrogens is 259 g/mol. The van der Waals surface area contributed by atoms with E-state index >= 15 is 0 Å². The van der Waals surface area contributed by atoms with Gasteiger partial charge in [-0.1, -0.05) is 6.92 Å². The van der Waals surface area contributed by atoms with Crippen LogP contribution in [0.3, 0.4) is 0 Å². The zero-order valence-electron chi connectivity index (χ0n) is 10.9. The first-order valence-corrected chi connectivity index (χ1v) is 5.37. The lowest BCUT2D eigenvalue weighted by atomic mass is 10.3. The first-order valence-electron chi connectivity index (χ1n) is 5.37. The number of hydrogen-bond donors (Lipinski definition) is 1. The third-order valence-corrected chi connectivity index (χ3v) is 2.19. The van der Waals surface area contributed by atoms with Gasteiger partial charge in [0.25, 0.3) is 0 Å². The Kier molecular flexibility index (Phi) is 10.4. The summed E-state index contributed by atoms with van der Waals surface area (Å²) in [4.78, 5) is 10.9. The van der Waals surface area contributed by atoms with Crippen molar-refractivity contribution in [1.82, 2.24) is 15.3 Å². The summed E-state index contributed by atoms with van der Waals surface area (Å²) >= 11 is 0. The quantitative estimate of drug-likeness (QED) is 0.838. The molecule has 0 saturated carbocycles. The Balaban J connectivity index is 0. The van der Waals surface area contributed by atoms with E-state index in [0.29, 0.717) is 0 Å². The molecule has 0 aliphatic carbocycles. The molecule has 100 valence electrons. The lowest BCUT2D eigenvalue weighted by Crippen LogP contribution is -2.30. The van der Waals surface area contributed by atoms with Crippen LogP contribution in [0, 0.1) is 13.8 Å². The van der Waals surface area contributed by atoms with Gasteiger partial charge in [-0.05, 0) is 26.5 Å². The highest BCUT2D eigenvalue weighted by atomic mass is 35.5. The van der Waals surface area contributed by atoms with Crippen molar-refractivity contribution < 1.29 is 0 Å². The molecule has 0 aliphatic rings. The lowest BCUT2D eigenvalue weighted by Gasteiger charge is -2.17. The molecule has 0 amide bonds.